The highest BCUT2D eigenvalue weighted by Crippen LogP contribution is 2.54. The Kier molecular flexibility index (Phi) is 17.5. The molecule has 226 valence electrons. The maximum atomic E-state index is 12.9. The van der Waals surface area contributed by atoms with Gasteiger partial charge in [-0.05, 0) is 104 Å². The lowest BCUT2D eigenvalue weighted by molar-refractivity contribution is -0.0111. The molecule has 0 spiro atoms. The molecule has 0 aromatic carbocycles. The minimum absolute atomic E-state index is 0.00264. The van der Waals surface area contributed by atoms with E-state index >= 15 is 0 Å². The SMILES string of the molecule is C/C=C(/CC)C(CCOCCC[S@@](=O)[C@@H](C)N(C[C@@H](C)N)C(C)C)[C@H](N)C1(C(CC)CC[C@@H](C)Cl)CCC1. The van der Waals surface area contributed by atoms with Crippen LogP contribution in [-0.2, 0) is 15.5 Å². The van der Waals surface area contributed by atoms with Crippen molar-refractivity contribution in [3.8, 4) is 0 Å². The lowest BCUT2D eigenvalue weighted by atomic mass is 9.52. The van der Waals surface area contributed by atoms with E-state index in [1.807, 2.05) is 6.92 Å². The Bertz CT molecular complexity index is 697. The Morgan fingerprint density at radius 3 is 2.18 bits per heavy atom. The van der Waals surface area contributed by atoms with Gasteiger partial charge in [-0.2, -0.15) is 0 Å². The number of hydrogen-bond acceptors (Lipinski definition) is 5. The fourth-order valence-electron chi connectivity index (χ4n) is 6.65. The van der Waals surface area contributed by atoms with Crippen molar-refractivity contribution >= 4 is 22.4 Å². The third kappa shape index (κ3) is 10.8. The molecule has 1 aliphatic rings. The molecule has 0 aliphatic heterocycles. The highest BCUT2D eigenvalue weighted by atomic mass is 35.5. The predicted octanol–water partition coefficient (Wildman–Crippen LogP) is 6.84. The molecule has 1 saturated carbocycles. The largest absolute Gasteiger partial charge is 0.381 e. The minimum atomic E-state index is -0.929. The lowest BCUT2D eigenvalue weighted by Crippen LogP contribution is -2.55. The Balaban J connectivity index is 2.70. The standard InChI is InChI=1S/C31H62ClN3O2S/c1-9-27(10-2)29(30(34)31(17-12-18-31)28(11-3)15-14-24(6)32)16-20-37-19-13-21-38(36)26(8)35(23(4)5)22-25(7)33/h9,23-26,28-30H,10-22,33-34H2,1-8H3/b27-9-/t24-,25-,26+,28?,29?,30+,38-/m1/s1. The molecule has 0 saturated heterocycles. The van der Waals surface area contributed by atoms with Crippen molar-refractivity contribution in [1.29, 1.82) is 0 Å². The van der Waals surface area contributed by atoms with Crippen LogP contribution < -0.4 is 11.5 Å². The fourth-order valence-corrected chi connectivity index (χ4v) is 8.15. The van der Waals surface area contributed by atoms with Crippen molar-refractivity contribution < 1.29 is 8.95 Å². The van der Waals surface area contributed by atoms with E-state index in [2.05, 4.69) is 59.4 Å². The molecule has 4 N–H and O–H groups in total. The molecule has 1 rings (SSSR count). The molecule has 0 radical (unpaired) electrons. The van der Waals surface area contributed by atoms with E-state index in [4.69, 9.17) is 27.8 Å². The molecule has 0 amide bonds. The van der Waals surface area contributed by atoms with Gasteiger partial charge in [0.05, 0.1) is 5.37 Å². The first kappa shape index (κ1) is 36.0. The predicted molar refractivity (Wildman–Crippen MR) is 168 cm³/mol. The van der Waals surface area contributed by atoms with Gasteiger partial charge >= 0.3 is 0 Å². The van der Waals surface area contributed by atoms with Gasteiger partial charge in [-0.15, -0.1) is 11.6 Å². The molecule has 0 heterocycles. The van der Waals surface area contributed by atoms with Crippen LogP contribution in [0.4, 0.5) is 0 Å². The maximum absolute atomic E-state index is 12.9. The van der Waals surface area contributed by atoms with E-state index in [9.17, 15) is 4.21 Å². The van der Waals surface area contributed by atoms with Crippen molar-refractivity contribution in [2.24, 2.45) is 28.7 Å². The zero-order chi connectivity index (χ0) is 28.9. The third-order valence-corrected chi connectivity index (χ3v) is 11.0. The summed E-state index contributed by atoms with van der Waals surface area (Å²) >= 11 is 6.34. The number of nitrogens with two attached hydrogens (primary N) is 2. The van der Waals surface area contributed by atoms with E-state index < -0.39 is 10.8 Å². The molecule has 1 fully saturated rings. The molecule has 38 heavy (non-hydrogen) atoms. The first-order valence-electron chi connectivity index (χ1n) is 15.5. The number of allylic oxidation sites excluding steroid dienone is 1. The first-order chi connectivity index (χ1) is 17.9. The summed E-state index contributed by atoms with van der Waals surface area (Å²) in [6.45, 7) is 19.3. The quantitative estimate of drug-likeness (QED) is 0.0889. The summed E-state index contributed by atoms with van der Waals surface area (Å²) in [6, 6.07) is 0.545. The summed E-state index contributed by atoms with van der Waals surface area (Å²) in [4.78, 5) is 2.25. The number of nitrogens with zero attached hydrogens (tertiary/aromatic N) is 1. The van der Waals surface area contributed by atoms with Crippen LogP contribution in [0.2, 0.25) is 0 Å². The fraction of sp³-hybridized carbons (Fsp3) is 0.935. The molecule has 0 aromatic rings. The van der Waals surface area contributed by atoms with Crippen LogP contribution in [0.25, 0.3) is 0 Å². The van der Waals surface area contributed by atoms with E-state index in [1.165, 1.54) is 37.7 Å². The van der Waals surface area contributed by atoms with Gasteiger partial charge in [0.2, 0.25) is 0 Å². The summed E-state index contributed by atoms with van der Waals surface area (Å²) in [6.07, 6.45) is 12.2. The molecule has 2 unspecified atom stereocenters. The zero-order valence-electron chi connectivity index (χ0n) is 26.0. The van der Waals surface area contributed by atoms with Crippen LogP contribution in [0, 0.1) is 17.3 Å². The highest BCUT2D eigenvalue weighted by molar-refractivity contribution is 7.85. The monoisotopic (exact) mass is 575 g/mol. The van der Waals surface area contributed by atoms with Gasteiger partial charge in [-0.25, -0.2) is 0 Å². The van der Waals surface area contributed by atoms with Gasteiger partial charge in [-0.1, -0.05) is 38.3 Å². The molecule has 0 aromatic heterocycles. The van der Waals surface area contributed by atoms with E-state index in [0.29, 0.717) is 36.8 Å². The Morgan fingerprint density at radius 1 is 1.08 bits per heavy atom. The van der Waals surface area contributed by atoms with Crippen molar-refractivity contribution in [2.45, 2.75) is 142 Å². The smallest absolute Gasteiger partial charge is 0.0834 e. The number of rotatable bonds is 21. The van der Waals surface area contributed by atoms with Crippen LogP contribution in [0.1, 0.15) is 113 Å². The summed E-state index contributed by atoms with van der Waals surface area (Å²) in [5.74, 6) is 1.64. The second-order valence-electron chi connectivity index (χ2n) is 12.1. The van der Waals surface area contributed by atoms with Crippen molar-refractivity contribution in [3.05, 3.63) is 11.6 Å². The summed E-state index contributed by atoms with van der Waals surface area (Å²) in [7, 11) is -0.929. The van der Waals surface area contributed by atoms with Gasteiger partial charge in [0.1, 0.15) is 0 Å². The third-order valence-electron chi connectivity index (χ3n) is 9.07. The lowest BCUT2D eigenvalue weighted by Gasteiger charge is -2.54. The highest BCUT2D eigenvalue weighted by Gasteiger charge is 2.49. The second kappa shape index (κ2) is 18.5. The molecule has 1 aliphatic carbocycles. The van der Waals surface area contributed by atoms with Crippen molar-refractivity contribution in [2.75, 3.05) is 25.5 Å². The summed E-state index contributed by atoms with van der Waals surface area (Å²) in [5.41, 5.74) is 14.9. The van der Waals surface area contributed by atoms with Gasteiger partial charge in [0.15, 0.2) is 0 Å². The molecular formula is C31H62ClN3O2S. The first-order valence-corrected chi connectivity index (χ1v) is 17.3. The van der Waals surface area contributed by atoms with E-state index in [-0.39, 0.29) is 28.2 Å². The minimum Gasteiger partial charge on any atom is -0.381 e. The van der Waals surface area contributed by atoms with Gasteiger partial charge in [0.25, 0.3) is 0 Å². The number of alkyl halides is 1. The average molecular weight is 576 g/mol. The van der Waals surface area contributed by atoms with Crippen molar-refractivity contribution in [3.63, 3.8) is 0 Å². The summed E-state index contributed by atoms with van der Waals surface area (Å²) in [5, 5.41) is 0.218. The number of halogens is 1. The zero-order valence-corrected chi connectivity index (χ0v) is 27.6. The molecule has 5 nitrogen and oxygen atoms in total. The number of hydrogen-bond donors (Lipinski definition) is 2. The molecular weight excluding hydrogens is 514 g/mol. The summed E-state index contributed by atoms with van der Waals surface area (Å²) < 4.78 is 19.1. The normalized spacial score (nSPS) is 21.6. The van der Waals surface area contributed by atoms with Crippen LogP contribution >= 0.6 is 11.6 Å². The Hall–Kier alpha value is 0.0200. The van der Waals surface area contributed by atoms with E-state index in [1.54, 1.807) is 0 Å². The van der Waals surface area contributed by atoms with Gasteiger partial charge in [0, 0.05) is 59.8 Å². The Labute approximate surface area is 243 Å². The second-order valence-corrected chi connectivity index (χ2v) is 14.7. The Morgan fingerprint density at radius 2 is 1.74 bits per heavy atom. The number of ether oxygens (including phenoxy) is 1. The topological polar surface area (TPSA) is 81.6 Å². The van der Waals surface area contributed by atoms with Gasteiger partial charge in [-0.3, -0.25) is 9.11 Å². The van der Waals surface area contributed by atoms with E-state index in [0.717, 1.165) is 32.2 Å². The van der Waals surface area contributed by atoms with Crippen LogP contribution in [0.3, 0.4) is 0 Å². The van der Waals surface area contributed by atoms with Gasteiger partial charge < -0.3 is 16.2 Å². The molecule has 7 atom stereocenters. The average Bonchev–Trinajstić information content (AvgIpc) is 2.84. The van der Waals surface area contributed by atoms with Crippen LogP contribution in [-0.4, -0.2) is 63.5 Å². The van der Waals surface area contributed by atoms with Crippen molar-refractivity contribution in [1.82, 2.24) is 4.90 Å². The van der Waals surface area contributed by atoms with Crippen LogP contribution in [0.5, 0.6) is 0 Å². The molecule has 7 heteroatoms. The maximum Gasteiger partial charge on any atom is 0.0834 e. The molecule has 0 bridgehead atoms. The van der Waals surface area contributed by atoms with Crippen LogP contribution in [0.15, 0.2) is 11.6 Å².